The van der Waals surface area contributed by atoms with Crippen LogP contribution in [0.4, 0.5) is 4.79 Å². The second-order valence-corrected chi connectivity index (χ2v) is 6.72. The fourth-order valence-corrected chi connectivity index (χ4v) is 3.37. The molecule has 0 saturated carbocycles. The summed E-state index contributed by atoms with van der Waals surface area (Å²) in [6.07, 6.45) is 1.69. The van der Waals surface area contributed by atoms with Gasteiger partial charge in [-0.2, -0.15) is 0 Å². The van der Waals surface area contributed by atoms with Crippen molar-refractivity contribution in [1.82, 2.24) is 4.90 Å². The summed E-state index contributed by atoms with van der Waals surface area (Å²) < 4.78 is 9.76. The van der Waals surface area contributed by atoms with Crippen LogP contribution in [0.15, 0.2) is 53.4 Å². The number of esters is 1. The van der Waals surface area contributed by atoms with Crippen molar-refractivity contribution in [2.75, 3.05) is 14.2 Å². The third-order valence-corrected chi connectivity index (χ3v) is 4.91. The summed E-state index contributed by atoms with van der Waals surface area (Å²) in [6, 6.07) is 13.8. The van der Waals surface area contributed by atoms with E-state index in [4.69, 9.17) is 4.74 Å². The van der Waals surface area contributed by atoms with Crippen LogP contribution >= 0.6 is 11.8 Å². The molecule has 3 rings (SSSR count). The van der Waals surface area contributed by atoms with Crippen LogP contribution in [0.1, 0.15) is 21.5 Å². The summed E-state index contributed by atoms with van der Waals surface area (Å²) in [7, 11) is 2.89. The minimum Gasteiger partial charge on any atom is -0.497 e. The van der Waals surface area contributed by atoms with Crippen LogP contribution in [0.25, 0.3) is 6.08 Å². The third kappa shape index (κ3) is 4.20. The van der Waals surface area contributed by atoms with Crippen molar-refractivity contribution in [2.45, 2.75) is 6.54 Å². The lowest BCUT2D eigenvalue weighted by Crippen LogP contribution is -2.27. The summed E-state index contributed by atoms with van der Waals surface area (Å²) in [5, 5.41) is -0.322. The molecular weight excluding hydrogens is 366 g/mol. The minimum atomic E-state index is -0.435. The number of carbonyl (C=O) groups excluding carboxylic acids is 3. The van der Waals surface area contributed by atoms with Gasteiger partial charge in [0.2, 0.25) is 0 Å². The lowest BCUT2D eigenvalue weighted by Gasteiger charge is -2.12. The first-order chi connectivity index (χ1) is 13.0. The number of ether oxygens (including phenoxy) is 2. The van der Waals surface area contributed by atoms with Gasteiger partial charge in [-0.05, 0) is 53.2 Å². The minimum absolute atomic E-state index is 0.145. The van der Waals surface area contributed by atoms with Crippen molar-refractivity contribution in [2.24, 2.45) is 0 Å². The second-order valence-electron chi connectivity index (χ2n) is 5.73. The van der Waals surface area contributed by atoms with E-state index in [1.807, 2.05) is 12.1 Å². The van der Waals surface area contributed by atoms with E-state index < -0.39 is 5.97 Å². The number of amides is 2. The standard InChI is InChI=1S/C20H17NO5S/c1-25-16-9-5-13(6-10-16)11-17-18(22)21(20(24)27-17)12-14-3-7-15(8-4-14)19(23)26-2/h3-11H,12H2,1-2H3/b17-11-. The number of benzene rings is 2. The Balaban J connectivity index is 1.73. The van der Waals surface area contributed by atoms with Crippen LogP contribution in [-0.4, -0.2) is 36.2 Å². The van der Waals surface area contributed by atoms with Crippen molar-refractivity contribution in [3.63, 3.8) is 0 Å². The van der Waals surface area contributed by atoms with Crippen molar-refractivity contribution in [3.05, 3.63) is 70.1 Å². The summed E-state index contributed by atoms with van der Waals surface area (Å²) in [6.45, 7) is 0.145. The molecule has 0 N–H and O–H groups in total. The highest BCUT2D eigenvalue weighted by Gasteiger charge is 2.34. The van der Waals surface area contributed by atoms with E-state index in [1.165, 1.54) is 12.0 Å². The summed E-state index contributed by atoms with van der Waals surface area (Å²) >= 11 is 0.911. The molecule has 0 atom stereocenters. The Labute approximate surface area is 160 Å². The lowest BCUT2D eigenvalue weighted by molar-refractivity contribution is -0.123. The zero-order valence-electron chi connectivity index (χ0n) is 14.8. The van der Waals surface area contributed by atoms with E-state index in [2.05, 4.69) is 4.74 Å². The molecule has 1 aliphatic heterocycles. The maximum absolute atomic E-state index is 12.6. The summed E-state index contributed by atoms with van der Waals surface area (Å²) in [4.78, 5) is 37.9. The van der Waals surface area contributed by atoms with Gasteiger partial charge in [0, 0.05) is 0 Å². The zero-order valence-corrected chi connectivity index (χ0v) is 15.6. The molecule has 0 aromatic heterocycles. The van der Waals surface area contributed by atoms with Gasteiger partial charge in [0.25, 0.3) is 11.1 Å². The molecule has 1 aliphatic rings. The number of hydrogen-bond acceptors (Lipinski definition) is 6. The van der Waals surface area contributed by atoms with Crippen LogP contribution in [0.3, 0.4) is 0 Å². The van der Waals surface area contributed by atoms with Crippen LogP contribution in [0.5, 0.6) is 5.75 Å². The molecule has 6 nitrogen and oxygen atoms in total. The van der Waals surface area contributed by atoms with Crippen LogP contribution in [-0.2, 0) is 16.1 Å². The van der Waals surface area contributed by atoms with E-state index >= 15 is 0 Å². The summed E-state index contributed by atoms with van der Waals surface area (Å²) in [5.74, 6) is -0.0522. The number of rotatable bonds is 5. The maximum Gasteiger partial charge on any atom is 0.337 e. The van der Waals surface area contributed by atoms with Gasteiger partial charge < -0.3 is 9.47 Å². The zero-order chi connectivity index (χ0) is 19.4. The van der Waals surface area contributed by atoms with Crippen molar-refractivity contribution >= 4 is 35.0 Å². The Kier molecular flexibility index (Phi) is 5.61. The highest BCUT2D eigenvalue weighted by molar-refractivity contribution is 8.18. The number of hydrogen-bond donors (Lipinski definition) is 0. The monoisotopic (exact) mass is 383 g/mol. The molecule has 0 spiro atoms. The largest absolute Gasteiger partial charge is 0.497 e. The molecule has 2 aromatic rings. The SMILES string of the molecule is COC(=O)c1ccc(CN2C(=O)S/C(=C\c3ccc(OC)cc3)C2=O)cc1. The average Bonchev–Trinajstić information content (AvgIpc) is 2.96. The number of carbonyl (C=O) groups is 3. The lowest BCUT2D eigenvalue weighted by atomic mass is 10.1. The Bertz CT molecular complexity index is 903. The topological polar surface area (TPSA) is 72.9 Å². The third-order valence-electron chi connectivity index (χ3n) is 4.00. The molecule has 0 unspecified atom stereocenters. The van der Waals surface area contributed by atoms with Crippen molar-refractivity contribution in [3.8, 4) is 5.75 Å². The van der Waals surface area contributed by atoms with Gasteiger partial charge in [-0.15, -0.1) is 0 Å². The Hall–Kier alpha value is -3.06. The van der Waals surface area contributed by atoms with Gasteiger partial charge in [-0.1, -0.05) is 24.3 Å². The first-order valence-corrected chi connectivity index (χ1v) is 8.90. The van der Waals surface area contributed by atoms with Crippen LogP contribution < -0.4 is 4.74 Å². The number of thioether (sulfide) groups is 1. The van der Waals surface area contributed by atoms with Gasteiger partial charge in [-0.3, -0.25) is 14.5 Å². The highest BCUT2D eigenvalue weighted by Crippen LogP contribution is 2.33. The number of imide groups is 1. The van der Waals surface area contributed by atoms with Gasteiger partial charge in [0.05, 0.1) is 31.2 Å². The van der Waals surface area contributed by atoms with Gasteiger partial charge in [-0.25, -0.2) is 4.79 Å². The van der Waals surface area contributed by atoms with Gasteiger partial charge in [0.15, 0.2) is 0 Å². The van der Waals surface area contributed by atoms with Crippen molar-refractivity contribution in [1.29, 1.82) is 0 Å². The predicted octanol–water partition coefficient (Wildman–Crippen LogP) is 3.72. The number of methoxy groups -OCH3 is 2. The molecule has 1 heterocycles. The van der Waals surface area contributed by atoms with Crippen molar-refractivity contribution < 1.29 is 23.9 Å². The molecule has 138 valence electrons. The first kappa shape index (κ1) is 18.7. The fourth-order valence-electron chi connectivity index (χ4n) is 2.53. The highest BCUT2D eigenvalue weighted by atomic mass is 32.2. The van der Waals surface area contributed by atoms with E-state index in [0.29, 0.717) is 10.5 Å². The molecule has 2 amide bonds. The predicted molar refractivity (Wildman–Crippen MR) is 102 cm³/mol. The molecule has 0 radical (unpaired) electrons. The molecule has 2 aromatic carbocycles. The molecule has 0 bridgehead atoms. The van der Waals surface area contributed by atoms with E-state index in [9.17, 15) is 14.4 Å². The Morgan fingerprint density at radius 3 is 2.30 bits per heavy atom. The number of nitrogens with zero attached hydrogens (tertiary/aromatic N) is 1. The molecule has 1 saturated heterocycles. The van der Waals surface area contributed by atoms with E-state index in [1.54, 1.807) is 49.6 Å². The summed E-state index contributed by atoms with van der Waals surface area (Å²) in [5.41, 5.74) is 1.97. The maximum atomic E-state index is 12.6. The van der Waals surface area contributed by atoms with Gasteiger partial charge >= 0.3 is 5.97 Å². The normalized spacial score (nSPS) is 15.3. The molecular formula is C20H17NO5S. The molecule has 27 heavy (non-hydrogen) atoms. The molecule has 7 heteroatoms. The Morgan fingerprint density at radius 2 is 1.70 bits per heavy atom. The first-order valence-electron chi connectivity index (χ1n) is 8.08. The fraction of sp³-hybridized carbons (Fsp3) is 0.150. The van der Waals surface area contributed by atoms with E-state index in [-0.39, 0.29) is 17.7 Å². The van der Waals surface area contributed by atoms with Gasteiger partial charge in [0.1, 0.15) is 5.75 Å². The quantitative estimate of drug-likeness (QED) is 0.579. The van der Waals surface area contributed by atoms with Crippen LogP contribution in [0.2, 0.25) is 0 Å². The van der Waals surface area contributed by atoms with E-state index in [0.717, 1.165) is 28.6 Å². The smallest absolute Gasteiger partial charge is 0.337 e. The Morgan fingerprint density at radius 1 is 1.04 bits per heavy atom. The van der Waals surface area contributed by atoms with Crippen LogP contribution in [0, 0.1) is 0 Å². The molecule has 1 fully saturated rings. The molecule has 0 aliphatic carbocycles. The second kappa shape index (κ2) is 8.09. The average molecular weight is 383 g/mol.